The van der Waals surface area contributed by atoms with E-state index in [4.69, 9.17) is 14.2 Å². The van der Waals surface area contributed by atoms with Crippen LogP contribution < -0.4 is 21.3 Å². The molecule has 1 aliphatic heterocycles. The molecule has 224 valence electrons. The largest absolute Gasteiger partial charge is 0.379 e. The summed E-state index contributed by atoms with van der Waals surface area (Å²) in [5.74, 6) is 0.522. The lowest BCUT2D eigenvalue weighted by molar-refractivity contribution is -0.130. The van der Waals surface area contributed by atoms with Gasteiger partial charge in [-0.25, -0.2) is 4.79 Å². The number of unbranched alkanes of at least 4 members (excludes halogenated alkanes) is 1. The summed E-state index contributed by atoms with van der Waals surface area (Å²) in [5, 5.41) is 11.5. The standard InChI is InChI=1S/C27H49N5O7/c1-3-6-23(33)28-12-13-29-24(34)11-15-37-17-19-39-20-18-38-16-14-32(2)25(35)8-5-4-7-21-9-10-22-26(21)31-27(36)30-22/h21-22,26H,3-20H2,1-2H3,(H,28,33)(H,29,34)(H2,30,31,36). The van der Waals surface area contributed by atoms with Crippen molar-refractivity contribution in [3.05, 3.63) is 0 Å². The van der Waals surface area contributed by atoms with Gasteiger partial charge in [0, 0.05) is 45.9 Å². The Kier molecular flexibility index (Phi) is 16.5. The molecular weight excluding hydrogens is 506 g/mol. The molecule has 0 aromatic heterocycles. The number of nitrogens with zero attached hydrogens (tertiary/aromatic N) is 1. The van der Waals surface area contributed by atoms with Gasteiger partial charge in [0.05, 0.1) is 51.7 Å². The summed E-state index contributed by atoms with van der Waals surface area (Å²) in [7, 11) is 1.80. The average Bonchev–Trinajstić information content (AvgIpc) is 3.46. The van der Waals surface area contributed by atoms with Crippen LogP contribution in [0.15, 0.2) is 0 Å². The van der Waals surface area contributed by atoms with Crippen LogP contribution in [0.5, 0.6) is 0 Å². The third kappa shape index (κ3) is 14.0. The Morgan fingerprint density at radius 3 is 2.18 bits per heavy atom. The summed E-state index contributed by atoms with van der Waals surface area (Å²) in [5.41, 5.74) is 0. The number of rotatable bonds is 22. The number of fused-ring (bicyclic) bond motifs is 1. The molecule has 0 aromatic rings. The number of carbonyl (C=O) groups excluding carboxylic acids is 4. The fraction of sp³-hybridized carbons (Fsp3) is 0.852. The quantitative estimate of drug-likeness (QED) is 0.145. The Labute approximate surface area is 232 Å². The maximum absolute atomic E-state index is 12.3. The van der Waals surface area contributed by atoms with Crippen LogP contribution >= 0.6 is 0 Å². The zero-order valence-electron chi connectivity index (χ0n) is 23.8. The van der Waals surface area contributed by atoms with Crippen LogP contribution in [0.4, 0.5) is 4.79 Å². The fourth-order valence-corrected chi connectivity index (χ4v) is 4.86. The number of carbonyl (C=O) groups is 4. The Balaban J connectivity index is 1.32. The summed E-state index contributed by atoms with van der Waals surface area (Å²) >= 11 is 0. The van der Waals surface area contributed by atoms with Crippen molar-refractivity contribution in [3.63, 3.8) is 0 Å². The highest BCUT2D eigenvalue weighted by atomic mass is 16.5. The minimum Gasteiger partial charge on any atom is -0.379 e. The topological polar surface area (TPSA) is 147 Å². The number of amides is 5. The summed E-state index contributed by atoms with van der Waals surface area (Å²) in [6.07, 6.45) is 7.17. The minimum atomic E-state index is -0.113. The molecule has 2 aliphatic rings. The van der Waals surface area contributed by atoms with Crippen molar-refractivity contribution >= 4 is 23.8 Å². The maximum Gasteiger partial charge on any atom is 0.315 e. The van der Waals surface area contributed by atoms with Gasteiger partial charge in [0.1, 0.15) is 0 Å². The number of likely N-dealkylation sites (N-methyl/N-ethyl adjacent to an activating group) is 1. The molecule has 12 heteroatoms. The van der Waals surface area contributed by atoms with Crippen molar-refractivity contribution in [1.82, 2.24) is 26.2 Å². The molecule has 0 aromatic carbocycles. The number of ether oxygens (including phenoxy) is 3. The van der Waals surface area contributed by atoms with Gasteiger partial charge < -0.3 is 40.4 Å². The van der Waals surface area contributed by atoms with E-state index in [9.17, 15) is 19.2 Å². The van der Waals surface area contributed by atoms with Gasteiger partial charge in [0.2, 0.25) is 17.7 Å². The molecular formula is C27H49N5O7. The highest BCUT2D eigenvalue weighted by molar-refractivity contribution is 5.78. The molecule has 1 heterocycles. The Morgan fingerprint density at radius 2 is 1.49 bits per heavy atom. The molecule has 5 amide bonds. The molecule has 2 rings (SSSR count). The zero-order chi connectivity index (χ0) is 28.3. The van der Waals surface area contributed by atoms with E-state index >= 15 is 0 Å². The second-order valence-corrected chi connectivity index (χ2v) is 10.2. The van der Waals surface area contributed by atoms with E-state index in [2.05, 4.69) is 21.3 Å². The molecule has 3 atom stereocenters. The van der Waals surface area contributed by atoms with E-state index < -0.39 is 0 Å². The Morgan fingerprint density at radius 1 is 0.846 bits per heavy atom. The summed E-state index contributed by atoms with van der Waals surface area (Å²) in [6, 6.07) is 0.486. The normalized spacial score (nSPS) is 19.7. The van der Waals surface area contributed by atoms with Crippen LogP contribution in [-0.2, 0) is 28.6 Å². The van der Waals surface area contributed by atoms with E-state index in [1.807, 2.05) is 6.92 Å². The van der Waals surface area contributed by atoms with Crippen LogP contribution in [0.1, 0.15) is 64.7 Å². The first-order valence-electron chi connectivity index (χ1n) is 14.5. The summed E-state index contributed by atoms with van der Waals surface area (Å²) < 4.78 is 16.4. The van der Waals surface area contributed by atoms with Crippen molar-refractivity contribution < 1.29 is 33.4 Å². The minimum absolute atomic E-state index is 0.00118. The van der Waals surface area contributed by atoms with Crippen molar-refractivity contribution in [2.45, 2.75) is 76.8 Å². The van der Waals surface area contributed by atoms with Gasteiger partial charge in [-0.15, -0.1) is 0 Å². The monoisotopic (exact) mass is 555 g/mol. The van der Waals surface area contributed by atoms with Crippen molar-refractivity contribution in [3.8, 4) is 0 Å². The fourth-order valence-electron chi connectivity index (χ4n) is 4.86. The molecule has 12 nitrogen and oxygen atoms in total. The van der Waals surface area contributed by atoms with Gasteiger partial charge in [-0.3, -0.25) is 14.4 Å². The summed E-state index contributed by atoms with van der Waals surface area (Å²) in [4.78, 5) is 48.5. The van der Waals surface area contributed by atoms with Gasteiger partial charge in [-0.1, -0.05) is 13.3 Å². The van der Waals surface area contributed by atoms with E-state index in [0.717, 1.165) is 38.5 Å². The average molecular weight is 556 g/mol. The lowest BCUT2D eigenvalue weighted by Crippen LogP contribution is -2.34. The van der Waals surface area contributed by atoms with E-state index in [-0.39, 0.29) is 42.3 Å². The molecule has 1 saturated carbocycles. The van der Waals surface area contributed by atoms with Crippen molar-refractivity contribution in [1.29, 1.82) is 0 Å². The van der Waals surface area contributed by atoms with Crippen LogP contribution in [0.25, 0.3) is 0 Å². The number of hydrogen-bond donors (Lipinski definition) is 4. The molecule has 4 N–H and O–H groups in total. The van der Waals surface area contributed by atoms with Crippen LogP contribution in [0.2, 0.25) is 0 Å². The third-order valence-corrected chi connectivity index (χ3v) is 7.08. The van der Waals surface area contributed by atoms with Crippen LogP contribution in [0, 0.1) is 5.92 Å². The molecule has 0 radical (unpaired) electrons. The molecule has 0 spiro atoms. The first-order valence-corrected chi connectivity index (χ1v) is 14.5. The van der Waals surface area contributed by atoms with Crippen LogP contribution in [-0.4, -0.2) is 107 Å². The molecule has 2 fully saturated rings. The number of urea groups is 1. The first kappa shape index (κ1) is 32.8. The Bertz CT molecular complexity index is 754. The van der Waals surface area contributed by atoms with Gasteiger partial charge in [0.25, 0.3) is 0 Å². The van der Waals surface area contributed by atoms with Crippen LogP contribution in [0.3, 0.4) is 0 Å². The van der Waals surface area contributed by atoms with Crippen molar-refractivity contribution in [2.75, 3.05) is 66.3 Å². The maximum atomic E-state index is 12.3. The smallest absolute Gasteiger partial charge is 0.315 e. The van der Waals surface area contributed by atoms with E-state index in [1.54, 1.807) is 11.9 Å². The van der Waals surface area contributed by atoms with Crippen molar-refractivity contribution in [2.24, 2.45) is 5.92 Å². The molecule has 3 unspecified atom stereocenters. The highest BCUT2D eigenvalue weighted by Gasteiger charge is 2.41. The van der Waals surface area contributed by atoms with E-state index in [0.29, 0.717) is 78.0 Å². The Hall–Kier alpha value is -2.44. The van der Waals surface area contributed by atoms with Gasteiger partial charge in [-0.05, 0) is 38.0 Å². The second-order valence-electron chi connectivity index (χ2n) is 10.2. The predicted octanol–water partition coefficient (Wildman–Crippen LogP) is 0.938. The summed E-state index contributed by atoms with van der Waals surface area (Å²) in [6.45, 7) is 5.77. The predicted molar refractivity (Wildman–Crippen MR) is 146 cm³/mol. The van der Waals surface area contributed by atoms with Gasteiger partial charge in [-0.2, -0.15) is 0 Å². The molecule has 39 heavy (non-hydrogen) atoms. The van der Waals surface area contributed by atoms with E-state index in [1.165, 1.54) is 0 Å². The third-order valence-electron chi connectivity index (χ3n) is 7.08. The molecule has 1 saturated heterocycles. The van der Waals surface area contributed by atoms with Gasteiger partial charge in [0.15, 0.2) is 0 Å². The SMILES string of the molecule is CCCC(=O)NCCNC(=O)CCOCCOCCOCCN(C)C(=O)CCCCC1CCC2NC(=O)NC12. The second kappa shape index (κ2) is 19.6. The highest BCUT2D eigenvalue weighted by Crippen LogP contribution is 2.32. The van der Waals surface area contributed by atoms with Gasteiger partial charge >= 0.3 is 6.03 Å². The number of hydrogen-bond acceptors (Lipinski definition) is 7. The lowest BCUT2D eigenvalue weighted by Gasteiger charge is -2.19. The molecule has 0 bridgehead atoms. The molecule has 1 aliphatic carbocycles. The lowest BCUT2D eigenvalue weighted by atomic mass is 9.95. The number of nitrogens with one attached hydrogen (secondary N) is 4. The first-order chi connectivity index (χ1) is 18.9. The zero-order valence-corrected chi connectivity index (χ0v) is 23.8.